The lowest BCUT2D eigenvalue weighted by Crippen LogP contribution is -2.48. The van der Waals surface area contributed by atoms with Crippen LogP contribution in [0.25, 0.3) is 0 Å². The summed E-state index contributed by atoms with van der Waals surface area (Å²) in [5.41, 5.74) is 0.285. The number of amides is 1. The molecule has 0 aromatic heterocycles. The summed E-state index contributed by atoms with van der Waals surface area (Å²) in [5.74, 6) is 1.08. The molecule has 0 bridgehead atoms. The average molecular weight is 373 g/mol. The summed E-state index contributed by atoms with van der Waals surface area (Å²) in [4.78, 5) is 13.0. The van der Waals surface area contributed by atoms with Crippen LogP contribution in [0.3, 0.4) is 0 Å². The van der Waals surface area contributed by atoms with Crippen molar-refractivity contribution >= 4 is 11.6 Å². The largest absolute Gasteiger partial charge is 0.492 e. The molecule has 0 radical (unpaired) electrons. The molecule has 1 aliphatic rings. The smallest absolute Gasteiger partial charge is 0.256 e. The van der Waals surface area contributed by atoms with Crippen LogP contribution in [0.1, 0.15) is 71.3 Å². The van der Waals surface area contributed by atoms with E-state index < -0.39 is 5.60 Å². The lowest BCUT2D eigenvalue weighted by molar-refractivity contribution is -0.147. The van der Waals surface area contributed by atoms with Crippen molar-refractivity contribution in [2.75, 3.05) is 18.5 Å². The summed E-state index contributed by atoms with van der Waals surface area (Å²) in [6.07, 6.45) is 6.32. The van der Waals surface area contributed by atoms with E-state index in [2.05, 4.69) is 25.2 Å². The van der Waals surface area contributed by atoms with Gasteiger partial charge in [-0.15, -0.1) is 0 Å². The van der Waals surface area contributed by atoms with Gasteiger partial charge in [-0.25, -0.2) is 0 Å². The Morgan fingerprint density at radius 2 is 2.00 bits per heavy atom. The quantitative estimate of drug-likeness (QED) is 0.616. The van der Waals surface area contributed by atoms with Crippen molar-refractivity contribution in [2.45, 2.75) is 71.3 Å². The van der Waals surface area contributed by atoms with E-state index in [1.54, 1.807) is 18.2 Å². The highest BCUT2D eigenvalue weighted by Gasteiger charge is 2.42. The maximum atomic E-state index is 13.0. The van der Waals surface area contributed by atoms with Crippen LogP contribution in [0.4, 0.5) is 5.69 Å². The molecule has 1 aromatic carbocycles. The number of benzene rings is 1. The normalized spacial score (nSPS) is 22.1. The fraction of sp³-hybridized carbons (Fsp3) is 0.636. The van der Waals surface area contributed by atoms with E-state index >= 15 is 0 Å². The second-order valence-electron chi connectivity index (χ2n) is 7.50. The maximum absolute atomic E-state index is 13.0. The Kier molecular flexibility index (Phi) is 8.12. The fourth-order valence-corrected chi connectivity index (χ4v) is 3.36. The molecule has 0 unspecified atom stereocenters. The number of hydrogen-bond acceptors (Lipinski definition) is 4. The van der Waals surface area contributed by atoms with Gasteiger partial charge in [0, 0.05) is 12.3 Å². The lowest BCUT2D eigenvalue weighted by atomic mass is 9.78. The number of ether oxygens (including phenoxy) is 2. The molecule has 1 N–H and O–H groups in total. The number of carbonyl (C=O) groups excluding carboxylic acids is 1. The number of anilines is 1. The van der Waals surface area contributed by atoms with Gasteiger partial charge < -0.3 is 14.8 Å². The van der Waals surface area contributed by atoms with Crippen LogP contribution in [0.5, 0.6) is 5.75 Å². The molecule has 0 heterocycles. The number of carbonyl (C=O) groups is 1. The fourth-order valence-electron chi connectivity index (χ4n) is 3.36. The van der Waals surface area contributed by atoms with E-state index in [0.717, 1.165) is 44.9 Å². The SMILES string of the molecule is CCCCOc1ccc(NC(=O)C2(OCCC)CCC(C)CC2)cc1C#N. The average Bonchev–Trinajstić information content (AvgIpc) is 2.68. The number of unbranched alkanes of at least 4 members (excludes halogenated alkanes) is 1. The third-order valence-corrected chi connectivity index (χ3v) is 5.19. The van der Waals surface area contributed by atoms with E-state index in [4.69, 9.17) is 9.47 Å². The molecule has 5 nitrogen and oxygen atoms in total. The van der Waals surface area contributed by atoms with Gasteiger partial charge in [-0.2, -0.15) is 5.26 Å². The highest BCUT2D eigenvalue weighted by Crippen LogP contribution is 2.36. The Hall–Kier alpha value is -2.06. The molecule has 0 aliphatic heterocycles. The van der Waals surface area contributed by atoms with Gasteiger partial charge in [0.05, 0.1) is 12.2 Å². The van der Waals surface area contributed by atoms with E-state index in [0.29, 0.717) is 36.1 Å². The van der Waals surface area contributed by atoms with E-state index in [-0.39, 0.29) is 5.91 Å². The monoisotopic (exact) mass is 372 g/mol. The lowest BCUT2D eigenvalue weighted by Gasteiger charge is -2.38. The highest BCUT2D eigenvalue weighted by atomic mass is 16.5. The van der Waals surface area contributed by atoms with Crippen LogP contribution < -0.4 is 10.1 Å². The van der Waals surface area contributed by atoms with Crippen LogP contribution in [0.2, 0.25) is 0 Å². The van der Waals surface area contributed by atoms with E-state index in [1.807, 2.05) is 6.92 Å². The predicted molar refractivity (Wildman–Crippen MR) is 107 cm³/mol. The first kappa shape index (κ1) is 21.2. The van der Waals surface area contributed by atoms with Crippen molar-refractivity contribution in [1.29, 1.82) is 5.26 Å². The minimum atomic E-state index is -0.758. The highest BCUT2D eigenvalue weighted by molar-refractivity contribution is 5.97. The molecular weight excluding hydrogens is 340 g/mol. The van der Waals surface area contributed by atoms with Gasteiger partial charge in [-0.1, -0.05) is 27.2 Å². The van der Waals surface area contributed by atoms with E-state index in [9.17, 15) is 10.1 Å². The molecule has 1 aromatic rings. The first-order valence-corrected chi connectivity index (χ1v) is 10.2. The molecule has 0 spiro atoms. The summed E-state index contributed by atoms with van der Waals surface area (Å²) in [5, 5.41) is 12.4. The summed E-state index contributed by atoms with van der Waals surface area (Å²) in [6.45, 7) is 7.53. The Morgan fingerprint density at radius 3 is 2.63 bits per heavy atom. The minimum Gasteiger partial charge on any atom is -0.492 e. The zero-order chi connectivity index (χ0) is 19.7. The van der Waals surface area contributed by atoms with Gasteiger partial charge >= 0.3 is 0 Å². The third kappa shape index (κ3) is 5.71. The molecule has 2 rings (SSSR count). The molecule has 5 heteroatoms. The molecular formula is C22H32N2O3. The Bertz CT molecular complexity index is 653. The van der Waals surface area contributed by atoms with Crippen molar-refractivity contribution in [3.63, 3.8) is 0 Å². The Labute approximate surface area is 163 Å². The number of rotatable bonds is 9. The number of nitriles is 1. The molecule has 1 aliphatic carbocycles. The number of hydrogen-bond donors (Lipinski definition) is 1. The van der Waals surface area contributed by atoms with Crippen LogP contribution in [-0.4, -0.2) is 24.7 Å². The summed E-state index contributed by atoms with van der Waals surface area (Å²) in [7, 11) is 0. The van der Waals surface area contributed by atoms with Gasteiger partial charge in [0.1, 0.15) is 17.4 Å². The van der Waals surface area contributed by atoms with Crippen LogP contribution >= 0.6 is 0 Å². The van der Waals surface area contributed by atoms with Crippen molar-refractivity contribution in [3.05, 3.63) is 23.8 Å². The number of nitrogens with zero attached hydrogens (tertiary/aromatic N) is 1. The van der Waals surface area contributed by atoms with Crippen LogP contribution in [0, 0.1) is 17.2 Å². The first-order valence-electron chi connectivity index (χ1n) is 10.2. The van der Waals surface area contributed by atoms with E-state index in [1.165, 1.54) is 0 Å². The number of nitrogens with one attached hydrogen (secondary N) is 1. The van der Waals surface area contributed by atoms with Crippen molar-refractivity contribution < 1.29 is 14.3 Å². The second kappa shape index (κ2) is 10.3. The standard InChI is InChI=1S/C22H32N2O3/c1-4-6-14-26-20-8-7-19(15-18(20)16-23)24-21(25)22(27-13-5-2)11-9-17(3)10-12-22/h7-8,15,17H,4-6,9-14H2,1-3H3,(H,24,25). The van der Waals surface area contributed by atoms with Gasteiger partial charge in [0.15, 0.2) is 0 Å². The van der Waals surface area contributed by atoms with Gasteiger partial charge in [0.2, 0.25) is 0 Å². The summed E-state index contributed by atoms with van der Waals surface area (Å²) >= 11 is 0. The molecule has 0 saturated heterocycles. The van der Waals surface area contributed by atoms with Gasteiger partial charge in [-0.05, 0) is 62.6 Å². The topological polar surface area (TPSA) is 71.3 Å². The summed E-state index contributed by atoms with van der Waals surface area (Å²) < 4.78 is 11.7. The zero-order valence-electron chi connectivity index (χ0n) is 16.8. The molecule has 1 amide bonds. The second-order valence-corrected chi connectivity index (χ2v) is 7.50. The van der Waals surface area contributed by atoms with Crippen molar-refractivity contribution in [1.82, 2.24) is 0 Å². The molecule has 1 fully saturated rings. The molecule has 0 atom stereocenters. The maximum Gasteiger partial charge on any atom is 0.256 e. The summed E-state index contributed by atoms with van der Waals surface area (Å²) in [6, 6.07) is 7.38. The minimum absolute atomic E-state index is 0.105. The van der Waals surface area contributed by atoms with Crippen LogP contribution in [-0.2, 0) is 9.53 Å². The Balaban J connectivity index is 2.11. The molecule has 1 saturated carbocycles. The zero-order valence-corrected chi connectivity index (χ0v) is 16.8. The first-order chi connectivity index (χ1) is 13.0. The molecule has 27 heavy (non-hydrogen) atoms. The van der Waals surface area contributed by atoms with Crippen LogP contribution in [0.15, 0.2) is 18.2 Å². The Morgan fingerprint density at radius 1 is 1.26 bits per heavy atom. The van der Waals surface area contributed by atoms with Gasteiger partial charge in [0.25, 0.3) is 5.91 Å². The van der Waals surface area contributed by atoms with Crippen molar-refractivity contribution in [3.8, 4) is 11.8 Å². The predicted octanol–water partition coefficient (Wildman–Crippen LogP) is 5.05. The third-order valence-electron chi connectivity index (χ3n) is 5.19. The van der Waals surface area contributed by atoms with Gasteiger partial charge in [-0.3, -0.25) is 4.79 Å². The van der Waals surface area contributed by atoms with Crippen molar-refractivity contribution in [2.24, 2.45) is 5.92 Å². The molecule has 148 valence electrons.